The highest BCUT2D eigenvalue weighted by atomic mass is 35.5. The highest BCUT2D eigenvalue weighted by Crippen LogP contribution is 2.66. The molecule has 2 saturated carbocycles. The summed E-state index contributed by atoms with van der Waals surface area (Å²) in [7, 11) is 0. The molecule has 0 bridgehead atoms. The van der Waals surface area contributed by atoms with Gasteiger partial charge in [-0.3, -0.25) is 4.79 Å². The van der Waals surface area contributed by atoms with Crippen LogP contribution in [0.1, 0.15) is 12.0 Å². The maximum absolute atomic E-state index is 14.2. The van der Waals surface area contributed by atoms with Gasteiger partial charge in [-0.05, 0) is 24.1 Å². The Kier molecular flexibility index (Phi) is 4.02. The first-order valence-electron chi connectivity index (χ1n) is 6.97. The summed E-state index contributed by atoms with van der Waals surface area (Å²) in [5.74, 6) is -5.83. The zero-order chi connectivity index (χ0) is 16.9. The van der Waals surface area contributed by atoms with Crippen molar-refractivity contribution in [3.8, 4) is 0 Å². The first-order valence-corrected chi connectivity index (χ1v) is 7.73. The topological polar surface area (TPSA) is 83.8 Å². The van der Waals surface area contributed by atoms with Crippen LogP contribution >= 0.6 is 23.2 Å². The molecule has 2 aliphatic carbocycles. The minimum Gasteiger partial charge on any atom is -0.481 e. The molecule has 5 atom stereocenters. The molecule has 0 saturated heterocycles. The quantitative estimate of drug-likeness (QED) is 0.840. The van der Waals surface area contributed by atoms with Crippen LogP contribution in [0, 0.1) is 17.8 Å². The van der Waals surface area contributed by atoms with Crippen molar-refractivity contribution < 1.29 is 28.9 Å². The third-order valence-electron chi connectivity index (χ3n) is 4.68. The summed E-state index contributed by atoms with van der Waals surface area (Å²) in [5.41, 5.74) is -1.74. The largest absolute Gasteiger partial charge is 0.481 e. The minimum absolute atomic E-state index is 0.0752. The molecular weight excluding hydrogens is 350 g/mol. The van der Waals surface area contributed by atoms with Gasteiger partial charge in [0.1, 0.15) is 0 Å². The summed E-state index contributed by atoms with van der Waals surface area (Å²) in [6.45, 7) is 0.0944. The molecule has 1 aromatic carbocycles. The first kappa shape index (κ1) is 16.5. The average molecular weight is 363 g/mol. The van der Waals surface area contributed by atoms with Crippen LogP contribution in [0.5, 0.6) is 0 Å². The van der Waals surface area contributed by atoms with Crippen molar-refractivity contribution >= 4 is 35.1 Å². The number of carboxylic acids is 2. The second kappa shape index (κ2) is 5.61. The van der Waals surface area contributed by atoms with E-state index in [1.165, 1.54) is 0 Å². The fourth-order valence-corrected chi connectivity index (χ4v) is 3.85. The van der Waals surface area contributed by atoms with E-state index in [4.69, 9.17) is 33.0 Å². The number of fused-ring (bicyclic) bond motifs is 1. The monoisotopic (exact) mass is 362 g/mol. The Hall–Kier alpha value is -1.37. The van der Waals surface area contributed by atoms with E-state index in [0.717, 1.165) is 0 Å². The molecule has 3 rings (SSSR count). The van der Waals surface area contributed by atoms with Gasteiger partial charge in [0, 0.05) is 11.8 Å². The third kappa shape index (κ3) is 2.58. The lowest BCUT2D eigenvalue weighted by Crippen LogP contribution is -2.36. The highest BCUT2D eigenvalue weighted by Gasteiger charge is 2.80. The number of hydrogen-bond donors (Lipinski definition) is 2. The molecule has 124 valence electrons. The predicted molar refractivity (Wildman–Crippen MR) is 79.2 cm³/mol. The number of hydrogen-bond acceptors (Lipinski definition) is 3. The van der Waals surface area contributed by atoms with Crippen LogP contribution in [0.3, 0.4) is 0 Å². The Morgan fingerprint density at radius 2 is 2.00 bits per heavy atom. The fourth-order valence-electron chi connectivity index (χ4n) is 3.53. The molecule has 2 fully saturated rings. The Balaban J connectivity index is 1.69. The second-order valence-electron chi connectivity index (χ2n) is 5.90. The molecule has 0 aromatic heterocycles. The Bertz CT molecular complexity index is 682. The van der Waals surface area contributed by atoms with Gasteiger partial charge in [-0.2, -0.15) is 0 Å². The van der Waals surface area contributed by atoms with Crippen LogP contribution in [0.15, 0.2) is 18.2 Å². The second-order valence-corrected chi connectivity index (χ2v) is 6.72. The molecule has 0 heterocycles. The van der Waals surface area contributed by atoms with E-state index in [-0.39, 0.29) is 13.0 Å². The van der Waals surface area contributed by atoms with Crippen LogP contribution in [0.2, 0.25) is 10.0 Å². The van der Waals surface area contributed by atoms with Gasteiger partial charge >= 0.3 is 11.9 Å². The number of aliphatic carboxylic acids is 2. The summed E-state index contributed by atoms with van der Waals surface area (Å²) in [6.07, 6.45) is -0.647. The lowest BCUT2D eigenvalue weighted by molar-refractivity contribution is -0.153. The Morgan fingerprint density at radius 3 is 2.57 bits per heavy atom. The summed E-state index contributed by atoms with van der Waals surface area (Å²) in [6, 6.07) is 4.89. The lowest BCUT2D eigenvalue weighted by atomic mass is 9.96. The molecule has 0 amide bonds. The molecule has 8 heteroatoms. The smallest absolute Gasteiger partial charge is 0.342 e. The average Bonchev–Trinajstić information content (AvgIpc) is 2.89. The molecular formula is C15H13Cl2FO5. The zero-order valence-corrected chi connectivity index (χ0v) is 13.2. The number of carboxylic acid groups (broad SMARTS) is 2. The van der Waals surface area contributed by atoms with Crippen molar-refractivity contribution in [2.24, 2.45) is 17.8 Å². The van der Waals surface area contributed by atoms with Crippen LogP contribution in [0.25, 0.3) is 0 Å². The van der Waals surface area contributed by atoms with Gasteiger partial charge in [-0.25, -0.2) is 9.18 Å². The molecule has 5 nitrogen and oxygen atoms in total. The van der Waals surface area contributed by atoms with Gasteiger partial charge in [0.05, 0.1) is 28.7 Å². The molecule has 0 spiro atoms. The molecule has 1 aromatic rings. The van der Waals surface area contributed by atoms with Gasteiger partial charge in [-0.1, -0.05) is 29.3 Å². The SMILES string of the molecule is O=C(O)C1C(OCc2ccc(Cl)c(Cl)c2)CC2C1C2(F)C(=O)O. The number of alkyl halides is 1. The Morgan fingerprint density at radius 1 is 1.30 bits per heavy atom. The third-order valence-corrected chi connectivity index (χ3v) is 5.42. The lowest BCUT2D eigenvalue weighted by Gasteiger charge is -2.22. The number of ether oxygens (including phenoxy) is 1. The summed E-state index contributed by atoms with van der Waals surface area (Å²) >= 11 is 11.7. The van der Waals surface area contributed by atoms with E-state index >= 15 is 0 Å². The van der Waals surface area contributed by atoms with E-state index < -0.39 is 41.5 Å². The van der Waals surface area contributed by atoms with Crippen molar-refractivity contribution in [2.45, 2.75) is 24.8 Å². The maximum atomic E-state index is 14.2. The number of benzene rings is 1. The van der Waals surface area contributed by atoms with Gasteiger partial charge in [-0.15, -0.1) is 0 Å². The van der Waals surface area contributed by atoms with Gasteiger partial charge in [0.2, 0.25) is 5.67 Å². The van der Waals surface area contributed by atoms with Gasteiger partial charge < -0.3 is 14.9 Å². The first-order chi connectivity index (χ1) is 10.8. The number of carbonyl (C=O) groups is 2. The Labute approximate surface area is 141 Å². The minimum atomic E-state index is -2.44. The van der Waals surface area contributed by atoms with Crippen LogP contribution in [0.4, 0.5) is 4.39 Å². The van der Waals surface area contributed by atoms with Crippen molar-refractivity contribution in [2.75, 3.05) is 0 Å². The summed E-state index contributed by atoms with van der Waals surface area (Å²) in [5, 5.41) is 19.0. The van der Waals surface area contributed by atoms with Crippen LogP contribution < -0.4 is 0 Å². The number of halogens is 3. The highest BCUT2D eigenvalue weighted by molar-refractivity contribution is 6.42. The normalized spacial score (nSPS) is 34.9. The standard InChI is InChI=1S/C15H13Cl2FO5/c16-8-2-1-6(3-9(8)17)5-23-10-4-7-12(11(10)13(19)20)15(7,18)14(21)22/h1-3,7,10-12H,4-5H2,(H,19,20)(H,21,22). The molecule has 5 unspecified atom stereocenters. The maximum Gasteiger partial charge on any atom is 0.342 e. The molecule has 0 radical (unpaired) electrons. The van der Waals surface area contributed by atoms with Crippen LogP contribution in [-0.2, 0) is 20.9 Å². The predicted octanol–water partition coefficient (Wildman–Crippen LogP) is 3.02. The molecule has 2 N–H and O–H groups in total. The van der Waals surface area contributed by atoms with Gasteiger partial charge in [0.15, 0.2) is 0 Å². The van der Waals surface area contributed by atoms with E-state index in [9.17, 15) is 19.1 Å². The van der Waals surface area contributed by atoms with Gasteiger partial charge in [0.25, 0.3) is 0 Å². The van der Waals surface area contributed by atoms with E-state index in [0.29, 0.717) is 15.6 Å². The van der Waals surface area contributed by atoms with E-state index in [1.807, 2.05) is 0 Å². The van der Waals surface area contributed by atoms with E-state index in [1.54, 1.807) is 18.2 Å². The van der Waals surface area contributed by atoms with Crippen molar-refractivity contribution in [3.05, 3.63) is 33.8 Å². The number of rotatable bonds is 5. The molecule has 2 aliphatic rings. The summed E-state index contributed by atoms with van der Waals surface area (Å²) in [4.78, 5) is 22.4. The summed E-state index contributed by atoms with van der Waals surface area (Å²) < 4.78 is 19.8. The zero-order valence-electron chi connectivity index (χ0n) is 11.7. The molecule has 23 heavy (non-hydrogen) atoms. The van der Waals surface area contributed by atoms with E-state index in [2.05, 4.69) is 0 Å². The molecule has 0 aliphatic heterocycles. The fraction of sp³-hybridized carbons (Fsp3) is 0.467. The van der Waals surface area contributed by atoms with Crippen molar-refractivity contribution in [1.29, 1.82) is 0 Å². The van der Waals surface area contributed by atoms with Crippen molar-refractivity contribution in [3.63, 3.8) is 0 Å². The van der Waals surface area contributed by atoms with Crippen LogP contribution in [-0.4, -0.2) is 33.9 Å². The van der Waals surface area contributed by atoms with Crippen molar-refractivity contribution in [1.82, 2.24) is 0 Å².